The van der Waals surface area contributed by atoms with Crippen LogP contribution in [0.3, 0.4) is 0 Å². The summed E-state index contributed by atoms with van der Waals surface area (Å²) in [6, 6.07) is 0.834. The molecule has 1 heterocycles. The third kappa shape index (κ3) is 5.42. The van der Waals surface area contributed by atoms with Crippen molar-refractivity contribution < 1.29 is 35.9 Å². The standard InChI is InChI=1S/C19H22F6N2O2/c1-3-26(4-2)16(28)12-6-5-7-27(11-12)17(29)13-8-14(18(20,21)22)10-15(9-13)19(23,24)25/h8-10,12H,3-7,11H2,1-2H3. The average Bonchev–Trinajstić information content (AvgIpc) is 2.66. The number of halogens is 6. The SMILES string of the molecule is CCN(CC)C(=O)C1CCCN(C(=O)c2cc(C(F)(F)F)cc(C(F)(F)F)c2)C1. The number of benzene rings is 1. The molecule has 0 aliphatic carbocycles. The van der Waals surface area contributed by atoms with Gasteiger partial charge in [0, 0.05) is 31.7 Å². The summed E-state index contributed by atoms with van der Waals surface area (Å²) >= 11 is 0. The Balaban J connectivity index is 2.32. The van der Waals surface area contributed by atoms with Crippen molar-refractivity contribution in [2.24, 2.45) is 5.92 Å². The van der Waals surface area contributed by atoms with E-state index >= 15 is 0 Å². The van der Waals surface area contributed by atoms with Crippen LogP contribution in [-0.4, -0.2) is 47.8 Å². The zero-order chi connectivity index (χ0) is 22.0. The molecule has 10 heteroatoms. The zero-order valence-electron chi connectivity index (χ0n) is 16.0. The average molecular weight is 424 g/mol. The molecule has 1 atom stereocenters. The predicted octanol–water partition coefficient (Wildman–Crippen LogP) is 4.44. The van der Waals surface area contributed by atoms with Crippen LogP contribution in [0, 0.1) is 5.92 Å². The van der Waals surface area contributed by atoms with E-state index in [1.807, 2.05) is 0 Å². The Morgan fingerprint density at radius 2 is 1.52 bits per heavy atom. The maximum atomic E-state index is 13.0. The molecule has 2 amide bonds. The number of alkyl halides is 6. The quantitative estimate of drug-likeness (QED) is 0.671. The lowest BCUT2D eigenvalue weighted by atomic mass is 9.95. The van der Waals surface area contributed by atoms with Gasteiger partial charge in [-0.1, -0.05) is 0 Å². The molecule has 1 saturated heterocycles. The highest BCUT2D eigenvalue weighted by Gasteiger charge is 2.38. The van der Waals surface area contributed by atoms with E-state index in [9.17, 15) is 35.9 Å². The van der Waals surface area contributed by atoms with Crippen molar-refractivity contribution in [3.05, 3.63) is 34.9 Å². The summed E-state index contributed by atoms with van der Waals surface area (Å²) in [6.07, 6.45) is -9.11. The first-order valence-electron chi connectivity index (χ1n) is 9.26. The minimum absolute atomic E-state index is 0.0142. The van der Waals surface area contributed by atoms with Crippen molar-refractivity contribution in [1.29, 1.82) is 0 Å². The number of carbonyl (C=O) groups excluding carboxylic acids is 2. The zero-order valence-corrected chi connectivity index (χ0v) is 16.0. The monoisotopic (exact) mass is 424 g/mol. The van der Waals surface area contributed by atoms with Gasteiger partial charge < -0.3 is 9.80 Å². The van der Waals surface area contributed by atoms with Crippen molar-refractivity contribution >= 4 is 11.8 Å². The Morgan fingerprint density at radius 3 is 1.97 bits per heavy atom. The molecule has 4 nitrogen and oxygen atoms in total. The third-order valence-electron chi connectivity index (χ3n) is 4.97. The number of rotatable bonds is 4. The normalized spacial score (nSPS) is 17.9. The molecular weight excluding hydrogens is 402 g/mol. The molecule has 1 aliphatic rings. The van der Waals surface area contributed by atoms with Gasteiger partial charge in [0.1, 0.15) is 0 Å². The van der Waals surface area contributed by atoms with Crippen LogP contribution in [-0.2, 0) is 17.1 Å². The van der Waals surface area contributed by atoms with Gasteiger partial charge in [0.15, 0.2) is 0 Å². The van der Waals surface area contributed by atoms with Crippen molar-refractivity contribution in [1.82, 2.24) is 9.80 Å². The minimum Gasteiger partial charge on any atom is -0.343 e. The summed E-state index contributed by atoms with van der Waals surface area (Å²) < 4.78 is 78.2. The summed E-state index contributed by atoms with van der Waals surface area (Å²) in [5, 5.41) is 0. The summed E-state index contributed by atoms with van der Waals surface area (Å²) in [4.78, 5) is 28.0. The van der Waals surface area contributed by atoms with Crippen molar-refractivity contribution in [3.63, 3.8) is 0 Å². The van der Waals surface area contributed by atoms with Gasteiger partial charge in [0.2, 0.25) is 5.91 Å². The second-order valence-electron chi connectivity index (χ2n) is 6.90. The van der Waals surface area contributed by atoms with E-state index in [1.54, 1.807) is 18.7 Å². The smallest absolute Gasteiger partial charge is 0.343 e. The molecule has 1 unspecified atom stereocenters. The molecule has 162 valence electrons. The van der Waals surface area contributed by atoms with Crippen LogP contribution in [0.2, 0.25) is 0 Å². The van der Waals surface area contributed by atoms with Crippen LogP contribution in [0.1, 0.15) is 48.2 Å². The van der Waals surface area contributed by atoms with Crippen LogP contribution >= 0.6 is 0 Å². The summed E-state index contributed by atoms with van der Waals surface area (Å²) in [6.45, 7) is 4.68. The molecule has 29 heavy (non-hydrogen) atoms. The molecule has 0 spiro atoms. The Bertz CT molecular complexity index is 724. The number of carbonyl (C=O) groups is 2. The second-order valence-corrected chi connectivity index (χ2v) is 6.90. The van der Waals surface area contributed by atoms with Crippen molar-refractivity contribution in [2.75, 3.05) is 26.2 Å². The molecule has 1 aliphatic heterocycles. The van der Waals surface area contributed by atoms with Gasteiger partial charge in [-0.2, -0.15) is 26.3 Å². The lowest BCUT2D eigenvalue weighted by Gasteiger charge is -2.34. The van der Waals surface area contributed by atoms with E-state index in [4.69, 9.17) is 0 Å². The molecule has 0 radical (unpaired) electrons. The summed E-state index contributed by atoms with van der Waals surface area (Å²) in [7, 11) is 0. The molecule has 0 aromatic heterocycles. The number of likely N-dealkylation sites (tertiary alicyclic amines) is 1. The maximum absolute atomic E-state index is 13.0. The molecule has 1 fully saturated rings. The van der Waals surface area contributed by atoms with Gasteiger partial charge in [-0.3, -0.25) is 9.59 Å². The van der Waals surface area contributed by atoms with E-state index in [0.29, 0.717) is 38.1 Å². The fourth-order valence-corrected chi connectivity index (χ4v) is 3.42. The number of piperidine rings is 1. The van der Waals surface area contributed by atoms with Gasteiger partial charge in [-0.25, -0.2) is 0 Å². The first-order valence-corrected chi connectivity index (χ1v) is 9.26. The molecule has 1 aromatic rings. The van der Waals surface area contributed by atoms with Crippen LogP contribution in [0.15, 0.2) is 18.2 Å². The number of amides is 2. The summed E-state index contributed by atoms with van der Waals surface area (Å²) in [5.41, 5.74) is -3.77. The van der Waals surface area contributed by atoms with Crippen LogP contribution in [0.5, 0.6) is 0 Å². The van der Waals surface area contributed by atoms with Gasteiger partial charge in [0.05, 0.1) is 17.0 Å². The maximum Gasteiger partial charge on any atom is 0.416 e. The van der Waals surface area contributed by atoms with Gasteiger partial charge in [-0.05, 0) is 44.9 Å². The Hall–Kier alpha value is -2.26. The van der Waals surface area contributed by atoms with E-state index < -0.39 is 40.9 Å². The Morgan fingerprint density at radius 1 is 1.00 bits per heavy atom. The highest BCUT2D eigenvalue weighted by atomic mass is 19.4. The topological polar surface area (TPSA) is 40.6 Å². The van der Waals surface area contributed by atoms with Crippen molar-refractivity contribution in [2.45, 2.75) is 39.0 Å². The van der Waals surface area contributed by atoms with Gasteiger partial charge in [-0.15, -0.1) is 0 Å². The first kappa shape index (κ1) is 23.0. The number of hydrogen-bond acceptors (Lipinski definition) is 2. The third-order valence-corrected chi connectivity index (χ3v) is 4.97. The van der Waals surface area contributed by atoms with Gasteiger partial charge in [0.25, 0.3) is 5.91 Å². The molecule has 2 rings (SSSR count). The molecular formula is C19H22F6N2O2. The fraction of sp³-hybridized carbons (Fsp3) is 0.579. The predicted molar refractivity (Wildman–Crippen MR) is 93.0 cm³/mol. The van der Waals surface area contributed by atoms with Crippen LogP contribution in [0.25, 0.3) is 0 Å². The Labute approximate surface area is 164 Å². The molecule has 0 bridgehead atoms. The Kier molecular flexibility index (Phi) is 6.85. The highest BCUT2D eigenvalue weighted by Crippen LogP contribution is 2.36. The number of nitrogens with zero attached hydrogens (tertiary/aromatic N) is 2. The first-order chi connectivity index (χ1) is 13.4. The lowest BCUT2D eigenvalue weighted by molar-refractivity contribution is -0.143. The van der Waals surface area contributed by atoms with E-state index in [0.717, 1.165) is 4.90 Å². The number of hydrogen-bond donors (Lipinski definition) is 0. The van der Waals surface area contributed by atoms with Gasteiger partial charge >= 0.3 is 12.4 Å². The van der Waals surface area contributed by atoms with Crippen LogP contribution in [0.4, 0.5) is 26.3 Å². The highest BCUT2D eigenvalue weighted by molar-refractivity contribution is 5.95. The minimum atomic E-state index is -5.03. The van der Waals surface area contributed by atoms with Crippen molar-refractivity contribution in [3.8, 4) is 0 Å². The molecule has 0 N–H and O–H groups in total. The fourth-order valence-electron chi connectivity index (χ4n) is 3.42. The lowest BCUT2D eigenvalue weighted by Crippen LogP contribution is -2.46. The second kappa shape index (κ2) is 8.62. The van der Waals surface area contributed by atoms with E-state index in [1.165, 1.54) is 0 Å². The largest absolute Gasteiger partial charge is 0.416 e. The van der Waals surface area contributed by atoms with E-state index in [2.05, 4.69) is 0 Å². The molecule has 1 aromatic carbocycles. The van der Waals surface area contributed by atoms with E-state index in [-0.39, 0.29) is 25.1 Å². The molecule has 0 saturated carbocycles. The summed E-state index contributed by atoms with van der Waals surface area (Å²) in [5.74, 6) is -1.65. The van der Waals surface area contributed by atoms with Crippen LogP contribution < -0.4 is 0 Å².